The van der Waals surface area contributed by atoms with E-state index in [-0.39, 0.29) is 6.04 Å². The average Bonchev–Trinajstić information content (AvgIpc) is 2.64. The molecular weight excluding hydrogens is 234 g/mol. The van der Waals surface area contributed by atoms with Crippen LogP contribution in [0.25, 0.3) is 0 Å². The minimum Gasteiger partial charge on any atom is -0.480 e. The lowest BCUT2D eigenvalue weighted by Gasteiger charge is -2.38. The number of thiophene rings is 1. The molecule has 0 aliphatic carbocycles. The molecule has 3 nitrogen and oxygen atoms in total. The molecule has 0 aromatic carbocycles. The van der Waals surface area contributed by atoms with Crippen LogP contribution in [0.1, 0.15) is 44.2 Å². The van der Waals surface area contributed by atoms with Gasteiger partial charge >= 0.3 is 5.97 Å². The minimum absolute atomic E-state index is 0.131. The van der Waals surface area contributed by atoms with Crippen LogP contribution >= 0.6 is 11.3 Å². The van der Waals surface area contributed by atoms with Gasteiger partial charge in [-0.15, -0.1) is 11.3 Å². The summed E-state index contributed by atoms with van der Waals surface area (Å²) in [6, 6.07) is 2.21. The van der Waals surface area contributed by atoms with E-state index in [1.807, 2.05) is 11.8 Å². The number of hydrogen-bond acceptors (Lipinski definition) is 3. The number of hydrogen-bond donors (Lipinski definition) is 1. The second kappa shape index (κ2) is 5.19. The summed E-state index contributed by atoms with van der Waals surface area (Å²) >= 11 is 1.69. The summed E-state index contributed by atoms with van der Waals surface area (Å²) in [5.74, 6) is -0.777. The van der Waals surface area contributed by atoms with E-state index in [2.05, 4.69) is 25.3 Å². The van der Waals surface area contributed by atoms with Crippen molar-refractivity contribution < 1.29 is 9.90 Å². The van der Waals surface area contributed by atoms with Crippen molar-refractivity contribution in [1.82, 2.24) is 4.90 Å². The monoisotopic (exact) mass is 255 g/mol. The molecule has 1 atom stereocenters. The molecule has 0 bridgehead atoms. The summed E-state index contributed by atoms with van der Waals surface area (Å²) in [4.78, 5) is 14.6. The molecule has 0 aliphatic rings. The van der Waals surface area contributed by atoms with Crippen molar-refractivity contribution in [2.24, 2.45) is 0 Å². The van der Waals surface area contributed by atoms with Crippen molar-refractivity contribution >= 4 is 17.3 Å². The number of aliphatic carboxylic acids is 1. The fraction of sp³-hybridized carbons (Fsp3) is 0.615. The number of carboxylic acid groups (broad SMARTS) is 1. The molecule has 1 rings (SSSR count). The maximum Gasteiger partial charge on any atom is 0.323 e. The van der Waals surface area contributed by atoms with Crippen LogP contribution in [0.3, 0.4) is 0 Å². The third-order valence-corrected chi connectivity index (χ3v) is 4.52. The molecule has 0 radical (unpaired) electrons. The van der Waals surface area contributed by atoms with Crippen LogP contribution in [0.5, 0.6) is 0 Å². The number of carboxylic acids is 1. The number of likely N-dealkylation sites (N-methyl/N-ethyl adjacent to an activating group) is 1. The SMILES string of the molecule is CCN(C(C)c1sccc1C)C(C)(C)C(=O)O. The third kappa shape index (κ3) is 2.69. The molecule has 1 aromatic rings. The topological polar surface area (TPSA) is 40.5 Å². The van der Waals surface area contributed by atoms with E-state index in [1.165, 1.54) is 10.4 Å². The van der Waals surface area contributed by atoms with E-state index < -0.39 is 11.5 Å². The lowest BCUT2D eigenvalue weighted by Crippen LogP contribution is -2.50. The summed E-state index contributed by atoms with van der Waals surface area (Å²) in [6.45, 7) is 10.4. The first kappa shape index (κ1) is 14.2. The first-order valence-corrected chi connectivity index (χ1v) is 6.74. The van der Waals surface area contributed by atoms with E-state index in [0.29, 0.717) is 0 Å². The molecule has 1 aromatic heterocycles. The zero-order valence-electron chi connectivity index (χ0n) is 11.2. The lowest BCUT2D eigenvalue weighted by molar-refractivity contribution is -0.150. The van der Waals surface area contributed by atoms with E-state index in [4.69, 9.17) is 0 Å². The van der Waals surface area contributed by atoms with Gasteiger partial charge in [0, 0.05) is 10.9 Å². The largest absolute Gasteiger partial charge is 0.480 e. The number of nitrogens with zero attached hydrogens (tertiary/aromatic N) is 1. The van der Waals surface area contributed by atoms with Crippen molar-refractivity contribution in [3.05, 3.63) is 21.9 Å². The van der Waals surface area contributed by atoms with Gasteiger partial charge in [-0.1, -0.05) is 6.92 Å². The van der Waals surface area contributed by atoms with Crippen LogP contribution in [0.2, 0.25) is 0 Å². The molecular formula is C13H21NO2S. The lowest BCUT2D eigenvalue weighted by atomic mass is 9.99. The van der Waals surface area contributed by atoms with Gasteiger partial charge in [0.2, 0.25) is 0 Å². The quantitative estimate of drug-likeness (QED) is 0.877. The van der Waals surface area contributed by atoms with Crippen molar-refractivity contribution in [3.8, 4) is 0 Å². The Kier molecular flexibility index (Phi) is 4.33. The second-order valence-electron chi connectivity index (χ2n) is 4.79. The Morgan fingerprint density at radius 1 is 1.59 bits per heavy atom. The Balaban J connectivity index is 3.04. The summed E-state index contributed by atoms with van der Waals surface area (Å²) in [7, 11) is 0. The first-order valence-electron chi connectivity index (χ1n) is 5.86. The van der Waals surface area contributed by atoms with Crippen molar-refractivity contribution in [2.75, 3.05) is 6.54 Å². The molecule has 4 heteroatoms. The molecule has 1 N–H and O–H groups in total. The Hall–Kier alpha value is -0.870. The average molecular weight is 255 g/mol. The predicted octanol–water partition coefficient (Wildman–Crippen LogP) is 3.30. The minimum atomic E-state index is -0.843. The molecule has 0 saturated carbocycles. The van der Waals surface area contributed by atoms with Gasteiger partial charge in [0.1, 0.15) is 5.54 Å². The van der Waals surface area contributed by atoms with Crippen LogP contribution in [0.4, 0.5) is 0 Å². The van der Waals surface area contributed by atoms with E-state index >= 15 is 0 Å². The Morgan fingerprint density at radius 3 is 2.53 bits per heavy atom. The summed E-state index contributed by atoms with van der Waals surface area (Å²) < 4.78 is 0. The number of carbonyl (C=O) groups is 1. The van der Waals surface area contributed by atoms with Gasteiger partial charge in [-0.25, -0.2) is 0 Å². The number of rotatable bonds is 5. The Morgan fingerprint density at radius 2 is 2.18 bits per heavy atom. The molecule has 0 spiro atoms. The normalized spacial score (nSPS) is 14.0. The zero-order chi connectivity index (χ0) is 13.2. The van der Waals surface area contributed by atoms with Gasteiger partial charge in [-0.2, -0.15) is 0 Å². The van der Waals surface area contributed by atoms with Gasteiger partial charge < -0.3 is 5.11 Å². The van der Waals surface area contributed by atoms with Gasteiger partial charge in [0.15, 0.2) is 0 Å². The third-order valence-electron chi connectivity index (χ3n) is 3.33. The highest BCUT2D eigenvalue weighted by Crippen LogP contribution is 2.32. The number of aryl methyl sites for hydroxylation is 1. The maximum atomic E-state index is 11.3. The highest BCUT2D eigenvalue weighted by Gasteiger charge is 2.37. The second-order valence-corrected chi connectivity index (χ2v) is 5.74. The summed E-state index contributed by atoms with van der Waals surface area (Å²) in [5, 5.41) is 11.4. The molecule has 0 saturated heterocycles. The first-order chi connectivity index (χ1) is 7.82. The van der Waals surface area contributed by atoms with E-state index in [9.17, 15) is 9.90 Å². The van der Waals surface area contributed by atoms with Gasteiger partial charge in [0.25, 0.3) is 0 Å². The van der Waals surface area contributed by atoms with Crippen molar-refractivity contribution in [2.45, 2.75) is 46.2 Å². The Labute approximate surface area is 107 Å². The van der Waals surface area contributed by atoms with E-state index in [0.717, 1.165) is 6.54 Å². The fourth-order valence-corrected chi connectivity index (χ4v) is 3.23. The molecule has 0 fully saturated rings. The molecule has 1 heterocycles. The highest BCUT2D eigenvalue weighted by atomic mass is 32.1. The van der Waals surface area contributed by atoms with Gasteiger partial charge in [-0.05, 0) is 51.2 Å². The smallest absolute Gasteiger partial charge is 0.323 e. The predicted molar refractivity (Wildman–Crippen MR) is 71.6 cm³/mol. The molecule has 17 heavy (non-hydrogen) atoms. The van der Waals surface area contributed by atoms with Gasteiger partial charge in [-0.3, -0.25) is 9.69 Å². The van der Waals surface area contributed by atoms with E-state index in [1.54, 1.807) is 25.2 Å². The van der Waals surface area contributed by atoms with Crippen LogP contribution in [-0.2, 0) is 4.79 Å². The molecule has 0 aliphatic heterocycles. The van der Waals surface area contributed by atoms with Crippen LogP contribution in [0, 0.1) is 6.92 Å². The molecule has 0 amide bonds. The van der Waals surface area contributed by atoms with Gasteiger partial charge in [0.05, 0.1) is 0 Å². The standard InChI is InChI=1S/C13H21NO2S/c1-6-14(13(4,5)12(15)16)10(3)11-9(2)7-8-17-11/h7-8,10H,6H2,1-5H3,(H,15,16). The molecule has 1 unspecified atom stereocenters. The van der Waals surface area contributed by atoms with Crippen LogP contribution in [0.15, 0.2) is 11.4 Å². The summed E-state index contributed by atoms with van der Waals surface area (Å²) in [5.41, 5.74) is 0.395. The van der Waals surface area contributed by atoms with Crippen molar-refractivity contribution in [3.63, 3.8) is 0 Å². The van der Waals surface area contributed by atoms with Crippen LogP contribution in [-0.4, -0.2) is 28.1 Å². The van der Waals surface area contributed by atoms with Crippen molar-refractivity contribution in [1.29, 1.82) is 0 Å². The highest BCUT2D eigenvalue weighted by molar-refractivity contribution is 7.10. The maximum absolute atomic E-state index is 11.3. The summed E-state index contributed by atoms with van der Waals surface area (Å²) in [6.07, 6.45) is 0. The zero-order valence-corrected chi connectivity index (χ0v) is 12.0. The fourth-order valence-electron chi connectivity index (χ4n) is 2.23. The molecule has 96 valence electrons. The Bertz CT molecular complexity index is 398. The van der Waals surface area contributed by atoms with Crippen LogP contribution < -0.4 is 0 Å².